The molecule has 1 unspecified atom stereocenters. The molecule has 0 fully saturated rings. The van der Waals surface area contributed by atoms with E-state index in [1.165, 1.54) is 5.56 Å². The zero-order chi connectivity index (χ0) is 14.4. The van der Waals surface area contributed by atoms with Gasteiger partial charge in [-0.25, -0.2) is 0 Å². The summed E-state index contributed by atoms with van der Waals surface area (Å²) in [5, 5.41) is 3.97. The van der Waals surface area contributed by atoms with E-state index < -0.39 is 0 Å². The molecule has 108 valence electrons. The standard InChI is InChI=1S/C16H20ClNO2/c1-3-8-18-15(14-7-9-20-16(14)17)11-12-5-4-6-13(10-12)19-2/h4-7,9-10,15,18H,3,8,11H2,1-2H3. The van der Waals surface area contributed by atoms with Crippen LogP contribution in [0, 0.1) is 0 Å². The van der Waals surface area contributed by atoms with Crippen molar-refractivity contribution in [2.24, 2.45) is 0 Å². The topological polar surface area (TPSA) is 34.4 Å². The Balaban J connectivity index is 2.17. The Hall–Kier alpha value is -1.45. The minimum absolute atomic E-state index is 0.147. The molecule has 0 aliphatic rings. The van der Waals surface area contributed by atoms with Gasteiger partial charge in [0.05, 0.1) is 13.4 Å². The Morgan fingerprint density at radius 2 is 2.20 bits per heavy atom. The second kappa shape index (κ2) is 7.36. The van der Waals surface area contributed by atoms with Crippen LogP contribution in [0.4, 0.5) is 0 Å². The lowest BCUT2D eigenvalue weighted by molar-refractivity contribution is 0.413. The van der Waals surface area contributed by atoms with Gasteiger partial charge in [0.1, 0.15) is 5.75 Å². The summed E-state index contributed by atoms with van der Waals surface area (Å²) in [5.74, 6) is 0.870. The number of benzene rings is 1. The zero-order valence-electron chi connectivity index (χ0n) is 11.9. The quantitative estimate of drug-likeness (QED) is 0.830. The molecule has 1 heterocycles. The van der Waals surface area contributed by atoms with E-state index >= 15 is 0 Å². The Labute approximate surface area is 124 Å². The van der Waals surface area contributed by atoms with Gasteiger partial charge in [-0.1, -0.05) is 19.1 Å². The van der Waals surface area contributed by atoms with E-state index in [2.05, 4.69) is 24.4 Å². The maximum atomic E-state index is 6.11. The van der Waals surface area contributed by atoms with Gasteiger partial charge in [0.15, 0.2) is 5.22 Å². The Morgan fingerprint density at radius 1 is 1.35 bits per heavy atom. The molecule has 0 bridgehead atoms. The summed E-state index contributed by atoms with van der Waals surface area (Å²) >= 11 is 6.11. The number of ether oxygens (including phenoxy) is 1. The minimum Gasteiger partial charge on any atom is -0.497 e. The fraction of sp³-hybridized carbons (Fsp3) is 0.375. The largest absolute Gasteiger partial charge is 0.497 e. The smallest absolute Gasteiger partial charge is 0.197 e. The molecule has 1 N–H and O–H groups in total. The van der Waals surface area contributed by atoms with Gasteiger partial charge < -0.3 is 14.5 Å². The first-order valence-corrected chi connectivity index (χ1v) is 7.21. The van der Waals surface area contributed by atoms with E-state index in [4.69, 9.17) is 20.8 Å². The van der Waals surface area contributed by atoms with Crippen LogP contribution in [0.25, 0.3) is 0 Å². The molecule has 0 amide bonds. The van der Waals surface area contributed by atoms with Crippen molar-refractivity contribution in [1.29, 1.82) is 0 Å². The van der Waals surface area contributed by atoms with Crippen LogP contribution in [0.15, 0.2) is 41.0 Å². The van der Waals surface area contributed by atoms with Crippen molar-refractivity contribution >= 4 is 11.6 Å². The van der Waals surface area contributed by atoms with Gasteiger partial charge in [0.2, 0.25) is 0 Å². The highest BCUT2D eigenvalue weighted by atomic mass is 35.5. The van der Waals surface area contributed by atoms with Gasteiger partial charge >= 0.3 is 0 Å². The second-order valence-electron chi connectivity index (χ2n) is 4.71. The van der Waals surface area contributed by atoms with E-state index in [0.717, 1.165) is 30.7 Å². The lowest BCUT2D eigenvalue weighted by Gasteiger charge is -2.18. The lowest BCUT2D eigenvalue weighted by Crippen LogP contribution is -2.24. The third-order valence-electron chi connectivity index (χ3n) is 3.24. The number of nitrogens with one attached hydrogen (secondary N) is 1. The van der Waals surface area contributed by atoms with Crippen LogP contribution in [0.3, 0.4) is 0 Å². The second-order valence-corrected chi connectivity index (χ2v) is 5.06. The van der Waals surface area contributed by atoms with E-state index in [1.807, 2.05) is 18.2 Å². The van der Waals surface area contributed by atoms with Crippen molar-refractivity contribution in [1.82, 2.24) is 5.32 Å². The van der Waals surface area contributed by atoms with Crippen LogP contribution in [-0.2, 0) is 6.42 Å². The number of hydrogen-bond donors (Lipinski definition) is 1. The number of hydrogen-bond acceptors (Lipinski definition) is 3. The Bertz CT molecular complexity index is 539. The first-order chi connectivity index (χ1) is 9.74. The molecule has 0 saturated heterocycles. The first kappa shape index (κ1) is 14.9. The molecule has 1 atom stereocenters. The summed E-state index contributed by atoms with van der Waals surface area (Å²) in [6.45, 7) is 3.09. The highest BCUT2D eigenvalue weighted by Crippen LogP contribution is 2.27. The maximum absolute atomic E-state index is 6.11. The normalized spacial score (nSPS) is 12.3. The van der Waals surface area contributed by atoms with Gasteiger partial charge in [-0.2, -0.15) is 0 Å². The molecule has 20 heavy (non-hydrogen) atoms. The molecule has 1 aromatic carbocycles. The monoisotopic (exact) mass is 293 g/mol. The van der Waals surface area contributed by atoms with Crippen LogP contribution in [0.2, 0.25) is 5.22 Å². The third-order valence-corrected chi connectivity index (χ3v) is 3.54. The van der Waals surface area contributed by atoms with Gasteiger partial charge in [-0.05, 0) is 54.7 Å². The summed E-state index contributed by atoms with van der Waals surface area (Å²) in [6, 6.07) is 10.2. The molecule has 2 aromatic rings. The van der Waals surface area contributed by atoms with Gasteiger partial charge in [-0.3, -0.25) is 0 Å². The first-order valence-electron chi connectivity index (χ1n) is 6.83. The van der Waals surface area contributed by atoms with Crippen molar-refractivity contribution in [3.05, 3.63) is 52.9 Å². The maximum Gasteiger partial charge on any atom is 0.197 e. The van der Waals surface area contributed by atoms with Crippen LogP contribution in [0.1, 0.15) is 30.5 Å². The summed E-state index contributed by atoms with van der Waals surface area (Å²) in [6.07, 6.45) is 3.55. The third kappa shape index (κ3) is 3.78. The molecule has 0 aliphatic carbocycles. The van der Waals surface area contributed by atoms with E-state index in [1.54, 1.807) is 13.4 Å². The van der Waals surface area contributed by atoms with E-state index in [-0.39, 0.29) is 6.04 Å². The molecule has 2 rings (SSSR count). The summed E-state index contributed by atoms with van der Waals surface area (Å²) in [5.41, 5.74) is 2.21. The predicted molar refractivity (Wildman–Crippen MR) is 81.5 cm³/mol. The molecule has 3 nitrogen and oxygen atoms in total. The molecule has 0 spiro atoms. The van der Waals surface area contributed by atoms with Gasteiger partial charge in [0.25, 0.3) is 0 Å². The van der Waals surface area contributed by atoms with Crippen LogP contribution < -0.4 is 10.1 Å². The fourth-order valence-electron chi connectivity index (χ4n) is 2.20. The van der Waals surface area contributed by atoms with Gasteiger partial charge in [0, 0.05) is 11.6 Å². The Morgan fingerprint density at radius 3 is 2.85 bits per heavy atom. The summed E-state index contributed by atoms with van der Waals surface area (Å²) < 4.78 is 10.5. The average molecular weight is 294 g/mol. The SMILES string of the molecule is CCCNC(Cc1cccc(OC)c1)c1ccoc1Cl. The number of rotatable bonds is 7. The van der Waals surface area contributed by atoms with Crippen molar-refractivity contribution in [3.63, 3.8) is 0 Å². The molecular weight excluding hydrogens is 274 g/mol. The fourth-order valence-corrected chi connectivity index (χ4v) is 2.45. The van der Waals surface area contributed by atoms with Crippen molar-refractivity contribution in [2.75, 3.05) is 13.7 Å². The van der Waals surface area contributed by atoms with Crippen molar-refractivity contribution in [3.8, 4) is 5.75 Å². The van der Waals surface area contributed by atoms with Crippen molar-refractivity contribution in [2.45, 2.75) is 25.8 Å². The molecule has 0 radical (unpaired) electrons. The minimum atomic E-state index is 0.147. The Kier molecular flexibility index (Phi) is 5.50. The average Bonchev–Trinajstić information content (AvgIpc) is 2.90. The molecule has 1 aromatic heterocycles. The van der Waals surface area contributed by atoms with Gasteiger partial charge in [-0.15, -0.1) is 0 Å². The zero-order valence-corrected chi connectivity index (χ0v) is 12.6. The molecule has 4 heteroatoms. The van der Waals surface area contributed by atoms with E-state index in [0.29, 0.717) is 5.22 Å². The van der Waals surface area contributed by atoms with Crippen LogP contribution in [0.5, 0.6) is 5.75 Å². The summed E-state index contributed by atoms with van der Waals surface area (Å²) in [4.78, 5) is 0. The van der Waals surface area contributed by atoms with E-state index in [9.17, 15) is 0 Å². The molecular formula is C16H20ClNO2. The highest BCUT2D eigenvalue weighted by Gasteiger charge is 2.17. The van der Waals surface area contributed by atoms with Crippen molar-refractivity contribution < 1.29 is 9.15 Å². The van der Waals surface area contributed by atoms with Crippen LogP contribution in [-0.4, -0.2) is 13.7 Å². The summed E-state index contributed by atoms with van der Waals surface area (Å²) in [7, 11) is 1.68. The highest BCUT2D eigenvalue weighted by molar-refractivity contribution is 6.29. The lowest BCUT2D eigenvalue weighted by atomic mass is 10.0. The number of furan rings is 1. The molecule has 0 saturated carbocycles. The number of halogens is 1. The van der Waals surface area contributed by atoms with Crippen LogP contribution >= 0.6 is 11.6 Å². The number of methoxy groups -OCH3 is 1. The predicted octanol–water partition coefficient (Wildman–Crippen LogP) is 4.23. The molecule has 0 aliphatic heterocycles.